The van der Waals surface area contributed by atoms with Gasteiger partial charge in [0.1, 0.15) is 5.75 Å². The van der Waals surface area contributed by atoms with E-state index in [0.717, 1.165) is 23.3 Å². The predicted octanol–water partition coefficient (Wildman–Crippen LogP) is 4.80. The van der Waals surface area contributed by atoms with Gasteiger partial charge in [-0.25, -0.2) is 4.98 Å². The average molecular weight is 288 g/mol. The molecule has 1 aliphatic carbocycles. The van der Waals surface area contributed by atoms with E-state index in [1.165, 1.54) is 30.4 Å². The second kappa shape index (κ2) is 5.84. The summed E-state index contributed by atoms with van der Waals surface area (Å²) in [5.41, 5.74) is 4.91. The molecule has 3 heteroatoms. The first kappa shape index (κ1) is 13.4. The third-order valence-corrected chi connectivity index (χ3v) is 4.08. The first-order chi connectivity index (χ1) is 9.76. The Hall–Kier alpha value is -1.54. The summed E-state index contributed by atoms with van der Waals surface area (Å²) in [6.07, 6.45) is 6.70. The quantitative estimate of drug-likeness (QED) is 0.757. The Morgan fingerprint density at radius 1 is 1.15 bits per heavy atom. The van der Waals surface area contributed by atoms with Gasteiger partial charge in [0, 0.05) is 17.6 Å². The number of hydrogen-bond donors (Lipinski definition) is 0. The Bertz CT molecular complexity index is 624. The van der Waals surface area contributed by atoms with Crippen LogP contribution in [-0.2, 0) is 18.7 Å². The molecule has 1 aliphatic rings. The van der Waals surface area contributed by atoms with Crippen LogP contribution in [0.1, 0.15) is 35.1 Å². The number of fused-ring (bicyclic) bond motifs is 1. The second-order valence-electron chi connectivity index (χ2n) is 5.34. The van der Waals surface area contributed by atoms with Gasteiger partial charge in [-0.3, -0.25) is 0 Å². The van der Waals surface area contributed by atoms with E-state index in [1.807, 2.05) is 19.1 Å². The highest BCUT2D eigenvalue weighted by Gasteiger charge is 2.11. The van der Waals surface area contributed by atoms with E-state index in [2.05, 4.69) is 17.1 Å². The summed E-state index contributed by atoms with van der Waals surface area (Å²) in [5.74, 6) is 2.02. The zero-order valence-corrected chi connectivity index (χ0v) is 12.4. The minimum atomic E-state index is 0.479. The van der Waals surface area contributed by atoms with Crippen molar-refractivity contribution in [3.63, 3.8) is 0 Å². The molecule has 3 rings (SSSR count). The van der Waals surface area contributed by atoms with E-state index < -0.39 is 0 Å². The van der Waals surface area contributed by atoms with Gasteiger partial charge < -0.3 is 4.74 Å². The largest absolute Gasteiger partial charge is 0.439 e. The fourth-order valence-corrected chi connectivity index (χ4v) is 2.83. The summed E-state index contributed by atoms with van der Waals surface area (Å²) in [5, 5.41) is 0. The van der Waals surface area contributed by atoms with Crippen molar-refractivity contribution in [2.75, 3.05) is 0 Å². The lowest BCUT2D eigenvalue weighted by Crippen LogP contribution is -2.02. The van der Waals surface area contributed by atoms with Gasteiger partial charge >= 0.3 is 0 Å². The lowest BCUT2D eigenvalue weighted by molar-refractivity contribution is 0.457. The molecule has 0 fully saturated rings. The molecule has 1 heterocycles. The summed E-state index contributed by atoms with van der Waals surface area (Å²) >= 11 is 5.81. The van der Waals surface area contributed by atoms with Crippen molar-refractivity contribution in [2.24, 2.45) is 0 Å². The summed E-state index contributed by atoms with van der Waals surface area (Å²) in [6, 6.07) is 8.41. The molecule has 20 heavy (non-hydrogen) atoms. The van der Waals surface area contributed by atoms with Crippen LogP contribution >= 0.6 is 11.6 Å². The molecule has 2 aromatic rings. The topological polar surface area (TPSA) is 22.1 Å². The van der Waals surface area contributed by atoms with Crippen molar-refractivity contribution < 1.29 is 4.74 Å². The lowest BCUT2D eigenvalue weighted by Gasteiger charge is -2.17. The molecule has 0 bridgehead atoms. The standard InChI is InChI=1S/C17H18ClNO/c1-12-8-13(10-18)11-19-17(12)20-16-7-6-14-4-2-3-5-15(14)9-16/h6-9,11H,2-5,10H2,1H3. The zero-order valence-electron chi connectivity index (χ0n) is 11.7. The minimum Gasteiger partial charge on any atom is -0.439 e. The third-order valence-electron chi connectivity index (χ3n) is 3.78. The van der Waals surface area contributed by atoms with Crippen LogP contribution in [0, 0.1) is 6.92 Å². The average Bonchev–Trinajstić information content (AvgIpc) is 2.49. The first-order valence-corrected chi connectivity index (χ1v) is 7.61. The van der Waals surface area contributed by atoms with E-state index in [9.17, 15) is 0 Å². The minimum absolute atomic E-state index is 0.479. The van der Waals surface area contributed by atoms with Crippen molar-refractivity contribution in [3.8, 4) is 11.6 Å². The molecule has 0 unspecified atom stereocenters. The normalized spacial score (nSPS) is 13.9. The maximum atomic E-state index is 5.92. The number of aromatic nitrogens is 1. The van der Waals surface area contributed by atoms with Crippen LogP contribution in [0.5, 0.6) is 11.6 Å². The van der Waals surface area contributed by atoms with Gasteiger partial charge in [-0.05, 0) is 67.5 Å². The van der Waals surface area contributed by atoms with Crippen LogP contribution in [0.25, 0.3) is 0 Å². The van der Waals surface area contributed by atoms with Gasteiger partial charge in [-0.2, -0.15) is 0 Å². The summed E-state index contributed by atoms with van der Waals surface area (Å²) in [7, 11) is 0. The summed E-state index contributed by atoms with van der Waals surface area (Å²) in [4.78, 5) is 4.35. The number of hydrogen-bond acceptors (Lipinski definition) is 2. The number of benzene rings is 1. The molecule has 0 spiro atoms. The number of alkyl halides is 1. The van der Waals surface area contributed by atoms with Crippen molar-refractivity contribution >= 4 is 11.6 Å². The molecule has 0 aliphatic heterocycles. The molecular weight excluding hydrogens is 270 g/mol. The van der Waals surface area contributed by atoms with Gasteiger partial charge in [0.2, 0.25) is 5.88 Å². The second-order valence-corrected chi connectivity index (χ2v) is 5.61. The van der Waals surface area contributed by atoms with Crippen molar-refractivity contribution in [1.29, 1.82) is 0 Å². The van der Waals surface area contributed by atoms with Gasteiger partial charge in [0.05, 0.1) is 0 Å². The third kappa shape index (κ3) is 2.80. The molecule has 0 amide bonds. The Morgan fingerprint density at radius 3 is 2.70 bits per heavy atom. The maximum absolute atomic E-state index is 5.92. The fourth-order valence-electron chi connectivity index (χ4n) is 2.69. The molecule has 1 aromatic heterocycles. The fraction of sp³-hybridized carbons (Fsp3) is 0.353. The van der Waals surface area contributed by atoms with E-state index in [-0.39, 0.29) is 0 Å². The predicted molar refractivity (Wildman–Crippen MR) is 81.7 cm³/mol. The Kier molecular flexibility index (Phi) is 3.93. The summed E-state index contributed by atoms with van der Waals surface area (Å²) in [6.45, 7) is 2.00. The molecule has 2 nitrogen and oxygen atoms in total. The first-order valence-electron chi connectivity index (χ1n) is 7.07. The van der Waals surface area contributed by atoms with Gasteiger partial charge in [0.25, 0.3) is 0 Å². The summed E-state index contributed by atoms with van der Waals surface area (Å²) < 4.78 is 5.92. The molecular formula is C17H18ClNO. The van der Waals surface area contributed by atoms with Crippen molar-refractivity contribution in [3.05, 3.63) is 52.7 Å². The molecule has 0 atom stereocenters. The highest BCUT2D eigenvalue weighted by Crippen LogP contribution is 2.29. The monoisotopic (exact) mass is 287 g/mol. The number of nitrogens with zero attached hydrogens (tertiary/aromatic N) is 1. The van der Waals surface area contributed by atoms with Crippen LogP contribution < -0.4 is 4.74 Å². The number of pyridine rings is 1. The molecule has 0 radical (unpaired) electrons. The van der Waals surface area contributed by atoms with E-state index in [0.29, 0.717) is 11.8 Å². The van der Waals surface area contributed by atoms with Gasteiger partial charge in [-0.1, -0.05) is 6.07 Å². The lowest BCUT2D eigenvalue weighted by atomic mass is 9.92. The smallest absolute Gasteiger partial charge is 0.222 e. The highest BCUT2D eigenvalue weighted by molar-refractivity contribution is 6.17. The number of ether oxygens (including phenoxy) is 1. The highest BCUT2D eigenvalue weighted by atomic mass is 35.5. The molecule has 0 saturated heterocycles. The SMILES string of the molecule is Cc1cc(CCl)cnc1Oc1ccc2c(c1)CCCC2. The van der Waals surface area contributed by atoms with Crippen molar-refractivity contribution in [2.45, 2.75) is 38.5 Å². The molecule has 104 valence electrons. The zero-order chi connectivity index (χ0) is 13.9. The molecule has 0 saturated carbocycles. The van der Waals surface area contributed by atoms with Crippen LogP contribution in [-0.4, -0.2) is 4.98 Å². The van der Waals surface area contributed by atoms with Crippen LogP contribution in [0.4, 0.5) is 0 Å². The van der Waals surface area contributed by atoms with Gasteiger partial charge in [0.15, 0.2) is 0 Å². The van der Waals surface area contributed by atoms with Gasteiger partial charge in [-0.15, -0.1) is 11.6 Å². The van der Waals surface area contributed by atoms with Crippen LogP contribution in [0.15, 0.2) is 30.5 Å². The van der Waals surface area contributed by atoms with E-state index in [1.54, 1.807) is 6.20 Å². The van der Waals surface area contributed by atoms with E-state index >= 15 is 0 Å². The molecule has 0 N–H and O–H groups in total. The maximum Gasteiger partial charge on any atom is 0.222 e. The van der Waals surface area contributed by atoms with Crippen molar-refractivity contribution in [1.82, 2.24) is 4.98 Å². The number of halogens is 1. The number of aryl methyl sites for hydroxylation is 3. The van der Waals surface area contributed by atoms with E-state index in [4.69, 9.17) is 16.3 Å². The van der Waals surface area contributed by atoms with Crippen LogP contribution in [0.3, 0.4) is 0 Å². The number of rotatable bonds is 3. The van der Waals surface area contributed by atoms with Crippen LogP contribution in [0.2, 0.25) is 0 Å². The molecule has 1 aromatic carbocycles. The Balaban J connectivity index is 1.84. The Morgan fingerprint density at radius 2 is 1.95 bits per heavy atom. The Labute approximate surface area is 124 Å².